The van der Waals surface area contributed by atoms with E-state index in [0.29, 0.717) is 12.1 Å². The summed E-state index contributed by atoms with van der Waals surface area (Å²) in [4.78, 5) is 20.6. The second-order valence-electron chi connectivity index (χ2n) is 7.79. The number of rotatable bonds is 6. The van der Waals surface area contributed by atoms with Gasteiger partial charge in [-0.1, -0.05) is 41.5 Å². The number of hydrogen-bond acceptors (Lipinski definition) is 5. The monoisotopic (exact) mass is 415 g/mol. The summed E-state index contributed by atoms with van der Waals surface area (Å²) in [6.07, 6.45) is 2.87. The van der Waals surface area contributed by atoms with Crippen LogP contribution in [0.1, 0.15) is 16.7 Å². The van der Waals surface area contributed by atoms with Gasteiger partial charge in [0.2, 0.25) is 5.91 Å². The van der Waals surface area contributed by atoms with Crippen LogP contribution < -0.4 is 0 Å². The largest absolute Gasteiger partial charge is 0.340 e. The Labute approximate surface area is 181 Å². The molecule has 3 aromatic rings. The first-order valence-electron chi connectivity index (χ1n) is 10.4. The molecule has 158 valence electrons. The zero-order chi connectivity index (χ0) is 21.6. The van der Waals surface area contributed by atoms with E-state index in [9.17, 15) is 4.79 Å². The maximum Gasteiger partial charge on any atom is 0.227 e. The fraction of sp³-hybridized carbons (Fsp3) is 0.348. The van der Waals surface area contributed by atoms with Crippen LogP contribution >= 0.6 is 0 Å². The Balaban J connectivity index is 1.25. The van der Waals surface area contributed by atoms with Crippen molar-refractivity contribution in [3.63, 3.8) is 0 Å². The molecule has 0 spiro atoms. The molecule has 0 N–H and O–H groups in total. The molecule has 8 heteroatoms. The summed E-state index contributed by atoms with van der Waals surface area (Å²) in [7, 11) is 0. The van der Waals surface area contributed by atoms with E-state index in [0.717, 1.165) is 50.4 Å². The lowest BCUT2D eigenvalue weighted by molar-refractivity contribution is -0.132. The molecule has 1 amide bonds. The lowest BCUT2D eigenvalue weighted by Gasteiger charge is -2.35. The van der Waals surface area contributed by atoms with Gasteiger partial charge in [-0.15, -0.1) is 5.10 Å². The number of piperazine rings is 1. The number of benzene rings is 2. The van der Waals surface area contributed by atoms with Crippen molar-refractivity contribution in [3.05, 3.63) is 76.9 Å². The van der Waals surface area contributed by atoms with Crippen molar-refractivity contribution in [1.29, 1.82) is 0 Å². The Bertz CT molecular complexity index is 1060. The van der Waals surface area contributed by atoms with Gasteiger partial charge in [-0.05, 0) is 41.5 Å². The highest BCUT2D eigenvalue weighted by Gasteiger charge is 2.21. The van der Waals surface area contributed by atoms with E-state index in [4.69, 9.17) is 6.57 Å². The summed E-state index contributed by atoms with van der Waals surface area (Å²) in [5.74, 6) is 0.162. The molecule has 0 aliphatic carbocycles. The molecule has 31 heavy (non-hydrogen) atoms. The van der Waals surface area contributed by atoms with Crippen LogP contribution in [0.4, 0.5) is 5.69 Å². The van der Waals surface area contributed by atoms with E-state index in [1.54, 1.807) is 11.0 Å². The molecular formula is C23H25N7O. The quantitative estimate of drug-likeness (QED) is 0.579. The first kappa shape index (κ1) is 20.7. The number of amides is 1. The normalized spacial score (nSPS) is 14.4. The Hall–Kier alpha value is -3.57. The minimum Gasteiger partial charge on any atom is -0.340 e. The minimum absolute atomic E-state index is 0.162. The average Bonchev–Trinajstić information content (AvgIpc) is 3.34. The fourth-order valence-electron chi connectivity index (χ4n) is 3.83. The number of hydrogen-bond donors (Lipinski definition) is 0. The topological polar surface area (TPSA) is 71.5 Å². The van der Waals surface area contributed by atoms with Gasteiger partial charge >= 0.3 is 0 Å². The smallest absolute Gasteiger partial charge is 0.227 e. The van der Waals surface area contributed by atoms with E-state index < -0.39 is 0 Å². The lowest BCUT2D eigenvalue weighted by Crippen LogP contribution is -2.49. The van der Waals surface area contributed by atoms with Gasteiger partial charge in [0.05, 0.1) is 18.7 Å². The summed E-state index contributed by atoms with van der Waals surface area (Å²) in [5.41, 5.74) is 5.01. The van der Waals surface area contributed by atoms with E-state index in [1.807, 2.05) is 47.4 Å². The van der Waals surface area contributed by atoms with E-state index >= 15 is 0 Å². The summed E-state index contributed by atoms with van der Waals surface area (Å²) < 4.78 is 1.59. The van der Waals surface area contributed by atoms with Crippen LogP contribution in [0.3, 0.4) is 0 Å². The first-order chi connectivity index (χ1) is 15.1. The van der Waals surface area contributed by atoms with Crippen molar-refractivity contribution in [1.82, 2.24) is 30.0 Å². The van der Waals surface area contributed by atoms with Crippen LogP contribution in [0.25, 0.3) is 10.5 Å². The second-order valence-corrected chi connectivity index (χ2v) is 7.79. The van der Waals surface area contributed by atoms with Crippen molar-refractivity contribution in [2.75, 3.05) is 32.7 Å². The number of nitrogens with zero attached hydrogens (tertiary/aromatic N) is 7. The number of carbonyl (C=O) groups is 1. The highest BCUT2D eigenvalue weighted by Crippen LogP contribution is 2.19. The molecule has 2 heterocycles. The van der Waals surface area contributed by atoms with Gasteiger partial charge in [-0.2, -0.15) is 0 Å². The second kappa shape index (κ2) is 9.49. The summed E-state index contributed by atoms with van der Waals surface area (Å²) in [6, 6.07) is 13.6. The Kier molecular flexibility index (Phi) is 6.34. The molecule has 0 radical (unpaired) electrons. The molecule has 4 rings (SSSR count). The molecule has 0 saturated carbocycles. The van der Waals surface area contributed by atoms with Gasteiger partial charge in [0, 0.05) is 32.7 Å². The molecule has 0 atom stereocenters. The Morgan fingerprint density at radius 2 is 1.87 bits per heavy atom. The molecule has 1 aliphatic rings. The molecule has 2 aromatic carbocycles. The van der Waals surface area contributed by atoms with Crippen LogP contribution in [0.5, 0.6) is 0 Å². The fourth-order valence-corrected chi connectivity index (χ4v) is 3.83. The predicted molar refractivity (Wildman–Crippen MR) is 117 cm³/mol. The van der Waals surface area contributed by atoms with Crippen molar-refractivity contribution in [3.8, 4) is 5.69 Å². The van der Waals surface area contributed by atoms with Gasteiger partial charge < -0.3 is 4.90 Å². The Morgan fingerprint density at radius 3 is 2.55 bits per heavy atom. The molecule has 0 unspecified atom stereocenters. The molecule has 8 nitrogen and oxygen atoms in total. The molecule has 1 fully saturated rings. The molecule has 1 saturated heterocycles. The van der Waals surface area contributed by atoms with Crippen molar-refractivity contribution < 1.29 is 4.79 Å². The molecule has 1 aromatic heterocycles. The van der Waals surface area contributed by atoms with Crippen molar-refractivity contribution >= 4 is 11.6 Å². The van der Waals surface area contributed by atoms with Gasteiger partial charge in [-0.3, -0.25) is 9.69 Å². The number of carbonyl (C=O) groups excluding carboxylic acids is 1. The van der Waals surface area contributed by atoms with E-state index in [2.05, 4.69) is 32.2 Å². The molecule has 1 aliphatic heterocycles. The SMILES string of the molecule is [C-]#[N+]c1ccc(C)c(CCN2CCN(C(=O)Cc3ccc(-n4cnnn4)cc3)CC2)c1. The summed E-state index contributed by atoms with van der Waals surface area (Å²) in [6.45, 7) is 13.5. The highest BCUT2D eigenvalue weighted by atomic mass is 16.2. The highest BCUT2D eigenvalue weighted by molar-refractivity contribution is 5.79. The zero-order valence-corrected chi connectivity index (χ0v) is 17.6. The standard InChI is InChI=1S/C23H25N7O/c1-18-3-6-21(24-2)16-20(18)9-10-28-11-13-29(14-12-28)23(31)15-19-4-7-22(8-5-19)30-17-25-26-27-30/h3-8,16-17H,9-15H2,1H3. The number of tetrazole rings is 1. The summed E-state index contributed by atoms with van der Waals surface area (Å²) >= 11 is 0. The van der Waals surface area contributed by atoms with E-state index in [1.165, 1.54) is 11.1 Å². The van der Waals surface area contributed by atoms with Crippen LogP contribution in [-0.4, -0.2) is 68.6 Å². The third kappa shape index (κ3) is 5.13. The Morgan fingerprint density at radius 1 is 1.10 bits per heavy atom. The van der Waals surface area contributed by atoms with Gasteiger partial charge in [0.15, 0.2) is 5.69 Å². The maximum atomic E-state index is 12.7. The van der Waals surface area contributed by atoms with Crippen LogP contribution in [-0.2, 0) is 17.6 Å². The number of aromatic nitrogens is 4. The third-order valence-electron chi connectivity index (χ3n) is 5.79. The lowest BCUT2D eigenvalue weighted by atomic mass is 10.0. The van der Waals surface area contributed by atoms with Crippen molar-refractivity contribution in [2.45, 2.75) is 19.8 Å². The third-order valence-corrected chi connectivity index (χ3v) is 5.79. The van der Waals surface area contributed by atoms with Gasteiger partial charge in [0.25, 0.3) is 0 Å². The predicted octanol–water partition coefficient (Wildman–Crippen LogP) is 2.45. The average molecular weight is 416 g/mol. The zero-order valence-electron chi connectivity index (χ0n) is 17.6. The van der Waals surface area contributed by atoms with Crippen molar-refractivity contribution in [2.24, 2.45) is 0 Å². The van der Waals surface area contributed by atoms with Crippen LogP contribution in [0.15, 0.2) is 48.8 Å². The van der Waals surface area contributed by atoms with Gasteiger partial charge in [-0.25, -0.2) is 9.53 Å². The molecule has 0 bridgehead atoms. The first-order valence-corrected chi connectivity index (χ1v) is 10.4. The van der Waals surface area contributed by atoms with E-state index in [-0.39, 0.29) is 5.91 Å². The van der Waals surface area contributed by atoms with Crippen LogP contribution in [0.2, 0.25) is 0 Å². The number of aryl methyl sites for hydroxylation is 1. The maximum absolute atomic E-state index is 12.7. The summed E-state index contributed by atoms with van der Waals surface area (Å²) in [5, 5.41) is 11.1. The molecular weight excluding hydrogens is 390 g/mol. The van der Waals surface area contributed by atoms with Crippen LogP contribution in [0, 0.1) is 13.5 Å². The van der Waals surface area contributed by atoms with Gasteiger partial charge in [0.1, 0.15) is 6.33 Å². The minimum atomic E-state index is 0.162.